The standard InChI is InChI=1S/C26H31ClN2O4/c1-6-31-24(30)26(4,5)15-25(2,3)16-33-21-12-19-20(28-17-29-23(19)27)13-22(21)32-14-18-10-8-7-9-11-18/h7-13,17H,6,14-16H2,1-5H3. The molecule has 176 valence electrons. The van der Waals surface area contributed by atoms with Gasteiger partial charge in [0.2, 0.25) is 0 Å². The highest BCUT2D eigenvalue weighted by atomic mass is 35.5. The highest BCUT2D eigenvalue weighted by molar-refractivity contribution is 6.34. The maximum Gasteiger partial charge on any atom is 0.311 e. The summed E-state index contributed by atoms with van der Waals surface area (Å²) in [6, 6.07) is 13.5. The van der Waals surface area contributed by atoms with Gasteiger partial charge in [-0.1, -0.05) is 55.8 Å². The number of nitrogens with zero attached hydrogens (tertiary/aromatic N) is 2. The molecule has 1 aromatic heterocycles. The van der Waals surface area contributed by atoms with E-state index in [1.807, 2.05) is 63.2 Å². The van der Waals surface area contributed by atoms with E-state index >= 15 is 0 Å². The molecule has 0 amide bonds. The van der Waals surface area contributed by atoms with Gasteiger partial charge in [0.1, 0.15) is 18.1 Å². The molecule has 0 aliphatic rings. The average Bonchev–Trinajstić information content (AvgIpc) is 2.76. The summed E-state index contributed by atoms with van der Waals surface area (Å²) in [7, 11) is 0. The summed E-state index contributed by atoms with van der Waals surface area (Å²) in [6.07, 6.45) is 2.02. The van der Waals surface area contributed by atoms with Crippen molar-refractivity contribution in [2.24, 2.45) is 10.8 Å². The Morgan fingerprint density at radius 3 is 2.39 bits per heavy atom. The smallest absolute Gasteiger partial charge is 0.311 e. The van der Waals surface area contributed by atoms with Crippen molar-refractivity contribution in [3.8, 4) is 11.5 Å². The van der Waals surface area contributed by atoms with Crippen molar-refractivity contribution >= 4 is 28.5 Å². The topological polar surface area (TPSA) is 70.5 Å². The van der Waals surface area contributed by atoms with E-state index in [2.05, 4.69) is 23.8 Å². The van der Waals surface area contributed by atoms with E-state index in [4.69, 9.17) is 25.8 Å². The first kappa shape index (κ1) is 24.8. The first-order chi connectivity index (χ1) is 15.6. The molecule has 0 atom stereocenters. The predicted molar refractivity (Wildman–Crippen MR) is 130 cm³/mol. The van der Waals surface area contributed by atoms with Gasteiger partial charge in [-0.3, -0.25) is 4.79 Å². The van der Waals surface area contributed by atoms with Gasteiger partial charge in [0, 0.05) is 11.5 Å². The molecule has 3 aromatic rings. The molecule has 33 heavy (non-hydrogen) atoms. The Labute approximate surface area is 200 Å². The number of carbonyl (C=O) groups excluding carboxylic acids is 1. The molecule has 0 unspecified atom stereocenters. The molecule has 0 bridgehead atoms. The van der Waals surface area contributed by atoms with Crippen LogP contribution in [0.3, 0.4) is 0 Å². The minimum absolute atomic E-state index is 0.209. The summed E-state index contributed by atoms with van der Waals surface area (Å²) in [4.78, 5) is 20.7. The van der Waals surface area contributed by atoms with Crippen LogP contribution in [-0.4, -0.2) is 29.2 Å². The van der Waals surface area contributed by atoms with Crippen LogP contribution in [0.25, 0.3) is 10.9 Å². The minimum atomic E-state index is -0.629. The zero-order valence-corrected chi connectivity index (χ0v) is 20.6. The number of rotatable bonds is 10. The maximum atomic E-state index is 12.4. The Bertz CT molecular complexity index is 1100. The molecule has 2 aromatic carbocycles. The van der Waals surface area contributed by atoms with Gasteiger partial charge >= 0.3 is 5.97 Å². The fourth-order valence-electron chi connectivity index (χ4n) is 3.91. The largest absolute Gasteiger partial charge is 0.489 e. The zero-order valence-electron chi connectivity index (χ0n) is 19.9. The van der Waals surface area contributed by atoms with E-state index in [1.165, 1.54) is 6.33 Å². The highest BCUT2D eigenvalue weighted by Crippen LogP contribution is 2.38. The number of carbonyl (C=O) groups is 1. The van der Waals surface area contributed by atoms with E-state index in [0.717, 1.165) is 5.56 Å². The third kappa shape index (κ3) is 6.57. The van der Waals surface area contributed by atoms with Crippen LogP contribution in [0.5, 0.6) is 11.5 Å². The lowest BCUT2D eigenvalue weighted by atomic mass is 9.75. The Balaban J connectivity index is 1.82. The van der Waals surface area contributed by atoms with Gasteiger partial charge in [0.05, 0.1) is 24.1 Å². The second kappa shape index (κ2) is 10.4. The van der Waals surface area contributed by atoms with Crippen LogP contribution >= 0.6 is 11.6 Å². The zero-order chi connectivity index (χ0) is 24.1. The lowest BCUT2D eigenvalue weighted by Crippen LogP contribution is -2.35. The number of ether oxygens (including phenoxy) is 3. The van der Waals surface area contributed by atoms with Crippen LogP contribution in [0.4, 0.5) is 0 Å². The second-order valence-corrected chi connectivity index (χ2v) is 9.85. The SMILES string of the molecule is CCOC(=O)C(C)(C)CC(C)(C)COc1cc2c(Cl)ncnc2cc1OCc1ccccc1. The number of halogens is 1. The number of hydrogen-bond donors (Lipinski definition) is 0. The minimum Gasteiger partial charge on any atom is -0.489 e. The molecular weight excluding hydrogens is 440 g/mol. The van der Waals surface area contributed by atoms with E-state index in [1.54, 1.807) is 0 Å². The number of esters is 1. The first-order valence-corrected chi connectivity index (χ1v) is 11.4. The van der Waals surface area contributed by atoms with Crippen molar-refractivity contribution in [3.63, 3.8) is 0 Å². The molecule has 3 rings (SSSR count). The first-order valence-electron chi connectivity index (χ1n) is 11.0. The summed E-state index contributed by atoms with van der Waals surface area (Å²) in [6.45, 7) is 10.9. The lowest BCUT2D eigenvalue weighted by molar-refractivity contribution is -0.155. The quantitative estimate of drug-likeness (QED) is 0.258. The third-order valence-corrected chi connectivity index (χ3v) is 5.56. The Morgan fingerprint density at radius 1 is 1.00 bits per heavy atom. The molecule has 0 spiro atoms. The Kier molecular flexibility index (Phi) is 7.80. The molecule has 0 N–H and O–H groups in total. The van der Waals surface area contributed by atoms with Gasteiger partial charge in [-0.25, -0.2) is 9.97 Å². The monoisotopic (exact) mass is 470 g/mol. The summed E-state index contributed by atoms with van der Waals surface area (Å²) in [5.41, 5.74) is 0.781. The van der Waals surface area contributed by atoms with E-state index in [-0.39, 0.29) is 11.4 Å². The molecule has 6 nitrogen and oxygen atoms in total. The molecular formula is C26H31ClN2O4. The number of aromatic nitrogens is 2. The van der Waals surface area contributed by atoms with Crippen LogP contribution in [0, 0.1) is 10.8 Å². The summed E-state index contributed by atoms with van der Waals surface area (Å²) in [5.74, 6) is 0.915. The second-order valence-electron chi connectivity index (χ2n) is 9.49. The van der Waals surface area contributed by atoms with Crippen molar-refractivity contribution < 1.29 is 19.0 Å². The molecule has 0 aliphatic carbocycles. The molecule has 0 saturated heterocycles. The van der Waals surface area contributed by atoms with Crippen LogP contribution < -0.4 is 9.47 Å². The summed E-state index contributed by atoms with van der Waals surface area (Å²) < 4.78 is 17.6. The number of benzene rings is 2. The van der Waals surface area contributed by atoms with E-state index < -0.39 is 5.41 Å². The number of fused-ring (bicyclic) bond motifs is 1. The van der Waals surface area contributed by atoms with Gasteiger partial charge in [-0.15, -0.1) is 0 Å². The van der Waals surface area contributed by atoms with Crippen LogP contribution in [0.1, 0.15) is 46.6 Å². The Morgan fingerprint density at radius 2 is 1.70 bits per heavy atom. The van der Waals surface area contributed by atoms with Crippen LogP contribution in [0.15, 0.2) is 48.8 Å². The average molecular weight is 471 g/mol. The molecule has 1 heterocycles. The van der Waals surface area contributed by atoms with Gasteiger partial charge in [0.15, 0.2) is 11.5 Å². The maximum absolute atomic E-state index is 12.4. The van der Waals surface area contributed by atoms with Gasteiger partial charge in [-0.2, -0.15) is 0 Å². The fourth-order valence-corrected chi connectivity index (χ4v) is 4.11. The van der Waals surface area contributed by atoms with Gasteiger partial charge < -0.3 is 14.2 Å². The van der Waals surface area contributed by atoms with Crippen molar-refractivity contribution in [2.75, 3.05) is 13.2 Å². The van der Waals surface area contributed by atoms with E-state index in [0.29, 0.717) is 53.8 Å². The van der Waals surface area contributed by atoms with Gasteiger partial charge in [0.25, 0.3) is 0 Å². The van der Waals surface area contributed by atoms with Crippen molar-refractivity contribution in [1.82, 2.24) is 9.97 Å². The summed E-state index contributed by atoms with van der Waals surface area (Å²) in [5, 5.41) is 1.04. The number of hydrogen-bond acceptors (Lipinski definition) is 6. The van der Waals surface area contributed by atoms with Crippen molar-refractivity contribution in [2.45, 2.75) is 47.6 Å². The fraction of sp³-hybridized carbons (Fsp3) is 0.423. The van der Waals surface area contributed by atoms with E-state index in [9.17, 15) is 4.79 Å². The van der Waals surface area contributed by atoms with Crippen molar-refractivity contribution in [1.29, 1.82) is 0 Å². The molecule has 0 radical (unpaired) electrons. The van der Waals surface area contributed by atoms with Crippen LogP contribution in [-0.2, 0) is 16.1 Å². The highest BCUT2D eigenvalue weighted by Gasteiger charge is 2.36. The lowest BCUT2D eigenvalue weighted by Gasteiger charge is -2.33. The third-order valence-electron chi connectivity index (χ3n) is 5.26. The van der Waals surface area contributed by atoms with Gasteiger partial charge in [-0.05, 0) is 44.2 Å². The Hall–Kier alpha value is -2.86. The normalized spacial score (nSPS) is 11.9. The molecule has 0 saturated carbocycles. The van der Waals surface area contributed by atoms with Crippen LogP contribution in [0.2, 0.25) is 5.15 Å². The molecule has 0 aliphatic heterocycles. The van der Waals surface area contributed by atoms with Crippen molar-refractivity contribution in [3.05, 3.63) is 59.5 Å². The predicted octanol–water partition coefficient (Wildman–Crippen LogP) is 6.25. The summed E-state index contributed by atoms with van der Waals surface area (Å²) >= 11 is 6.30. The molecule has 0 fully saturated rings. The molecule has 7 heteroatoms.